The van der Waals surface area contributed by atoms with E-state index in [1.54, 1.807) is 0 Å². The normalized spacial score (nSPS) is 14.3. The lowest BCUT2D eigenvalue weighted by Gasteiger charge is -2.21. The van der Waals surface area contributed by atoms with Gasteiger partial charge in [0.1, 0.15) is 0 Å². The summed E-state index contributed by atoms with van der Waals surface area (Å²) < 4.78 is 0. The van der Waals surface area contributed by atoms with Crippen molar-refractivity contribution in [3.8, 4) is 0 Å². The van der Waals surface area contributed by atoms with Crippen molar-refractivity contribution >= 4 is 0 Å². The summed E-state index contributed by atoms with van der Waals surface area (Å²) in [6.07, 6.45) is 16.8. The summed E-state index contributed by atoms with van der Waals surface area (Å²) in [5.41, 5.74) is 0. The smallest absolute Gasteiger partial charge is 0.0590 e. The van der Waals surface area contributed by atoms with Crippen LogP contribution in [0.1, 0.15) is 104 Å². The van der Waals surface area contributed by atoms with Crippen molar-refractivity contribution in [1.29, 1.82) is 0 Å². The summed E-state index contributed by atoms with van der Waals surface area (Å²) in [5, 5.41) is 19.6. The molecule has 0 amide bonds. The van der Waals surface area contributed by atoms with Gasteiger partial charge < -0.3 is 10.2 Å². The molecule has 21 heavy (non-hydrogen) atoms. The van der Waals surface area contributed by atoms with Gasteiger partial charge in [0.05, 0.1) is 6.10 Å². The second-order valence-corrected chi connectivity index (χ2v) is 6.62. The predicted molar refractivity (Wildman–Crippen MR) is 92.6 cm³/mol. The molecule has 2 heteroatoms. The van der Waals surface area contributed by atoms with Crippen LogP contribution in [0.15, 0.2) is 0 Å². The average Bonchev–Trinajstić information content (AvgIpc) is 2.50. The van der Waals surface area contributed by atoms with Crippen molar-refractivity contribution in [1.82, 2.24) is 0 Å². The van der Waals surface area contributed by atoms with Crippen LogP contribution >= 0.6 is 0 Å². The fraction of sp³-hybridized carbons (Fsp3) is 1.00. The molecule has 0 rings (SSSR count). The second kappa shape index (κ2) is 16.3. The van der Waals surface area contributed by atoms with E-state index >= 15 is 0 Å². The van der Waals surface area contributed by atoms with Gasteiger partial charge in [0.25, 0.3) is 0 Å². The Labute approximate surface area is 133 Å². The molecule has 0 aromatic heterocycles. The van der Waals surface area contributed by atoms with Crippen LogP contribution in [0.5, 0.6) is 0 Å². The Bertz CT molecular complexity index is 194. The Morgan fingerprint density at radius 2 is 1.05 bits per heavy atom. The van der Waals surface area contributed by atoms with E-state index in [9.17, 15) is 10.2 Å². The zero-order valence-corrected chi connectivity index (χ0v) is 14.7. The van der Waals surface area contributed by atoms with Crippen LogP contribution in [0.4, 0.5) is 0 Å². The average molecular weight is 301 g/mol. The first-order valence-corrected chi connectivity index (χ1v) is 9.55. The standard InChI is InChI=1S/C19H40O2/c1-3-5-7-9-11-13-15-18(17-20)19(21)16-14-12-10-8-6-4-2/h18-21H,3-17H2,1-2H3. The summed E-state index contributed by atoms with van der Waals surface area (Å²) >= 11 is 0. The maximum absolute atomic E-state index is 10.2. The van der Waals surface area contributed by atoms with Gasteiger partial charge in [-0.1, -0.05) is 90.9 Å². The first kappa shape index (κ1) is 20.9. The topological polar surface area (TPSA) is 40.5 Å². The van der Waals surface area contributed by atoms with Gasteiger partial charge in [0.2, 0.25) is 0 Å². The van der Waals surface area contributed by atoms with Gasteiger partial charge in [0.15, 0.2) is 0 Å². The van der Waals surface area contributed by atoms with Crippen LogP contribution in [-0.2, 0) is 0 Å². The van der Waals surface area contributed by atoms with Crippen LogP contribution < -0.4 is 0 Å². The van der Waals surface area contributed by atoms with E-state index in [1.807, 2.05) is 0 Å². The van der Waals surface area contributed by atoms with Crippen molar-refractivity contribution < 1.29 is 10.2 Å². The van der Waals surface area contributed by atoms with Crippen molar-refractivity contribution in [2.75, 3.05) is 6.61 Å². The van der Waals surface area contributed by atoms with Crippen molar-refractivity contribution in [3.05, 3.63) is 0 Å². The number of aliphatic hydroxyl groups excluding tert-OH is 2. The molecule has 0 spiro atoms. The van der Waals surface area contributed by atoms with Crippen LogP contribution in [0.25, 0.3) is 0 Å². The van der Waals surface area contributed by atoms with E-state index in [0.29, 0.717) is 0 Å². The van der Waals surface area contributed by atoms with Gasteiger partial charge in [-0.3, -0.25) is 0 Å². The molecule has 0 bridgehead atoms. The molecule has 0 saturated carbocycles. The Kier molecular flexibility index (Phi) is 16.2. The third-order valence-corrected chi connectivity index (χ3v) is 4.56. The van der Waals surface area contributed by atoms with Crippen LogP contribution in [0, 0.1) is 5.92 Å². The van der Waals surface area contributed by atoms with Gasteiger partial charge >= 0.3 is 0 Å². The molecule has 0 heterocycles. The summed E-state index contributed by atoms with van der Waals surface area (Å²) in [7, 11) is 0. The lowest BCUT2D eigenvalue weighted by Crippen LogP contribution is -2.23. The Hall–Kier alpha value is -0.0800. The van der Waals surface area contributed by atoms with E-state index < -0.39 is 0 Å². The van der Waals surface area contributed by atoms with E-state index in [-0.39, 0.29) is 18.6 Å². The van der Waals surface area contributed by atoms with E-state index in [0.717, 1.165) is 25.7 Å². The predicted octanol–water partition coefficient (Wildman–Crippen LogP) is 5.46. The zero-order valence-electron chi connectivity index (χ0n) is 14.7. The number of unbranched alkanes of at least 4 members (excludes halogenated alkanes) is 10. The number of rotatable bonds is 16. The van der Waals surface area contributed by atoms with E-state index in [2.05, 4.69) is 13.8 Å². The van der Waals surface area contributed by atoms with Crippen LogP contribution in [0.3, 0.4) is 0 Å². The fourth-order valence-corrected chi connectivity index (χ4v) is 2.96. The lowest BCUT2D eigenvalue weighted by atomic mass is 9.92. The molecule has 0 saturated heterocycles. The number of hydrogen-bond donors (Lipinski definition) is 2. The Morgan fingerprint density at radius 3 is 1.52 bits per heavy atom. The SMILES string of the molecule is CCCCCCCCC(O)C(CO)CCCCCCCC. The third kappa shape index (κ3) is 13.3. The van der Waals surface area contributed by atoms with E-state index in [4.69, 9.17) is 0 Å². The summed E-state index contributed by atoms with van der Waals surface area (Å²) in [4.78, 5) is 0. The molecule has 2 atom stereocenters. The molecule has 2 unspecified atom stereocenters. The van der Waals surface area contributed by atoms with Gasteiger partial charge in [-0.25, -0.2) is 0 Å². The summed E-state index contributed by atoms with van der Waals surface area (Å²) in [5.74, 6) is 0.104. The maximum atomic E-state index is 10.2. The number of aliphatic hydroxyl groups is 2. The van der Waals surface area contributed by atoms with Gasteiger partial charge in [-0.2, -0.15) is 0 Å². The van der Waals surface area contributed by atoms with Crippen LogP contribution in [0.2, 0.25) is 0 Å². The fourth-order valence-electron chi connectivity index (χ4n) is 2.96. The largest absolute Gasteiger partial charge is 0.396 e. The lowest BCUT2D eigenvalue weighted by molar-refractivity contribution is 0.0528. The van der Waals surface area contributed by atoms with Crippen molar-refractivity contribution in [3.63, 3.8) is 0 Å². The van der Waals surface area contributed by atoms with Crippen molar-refractivity contribution in [2.24, 2.45) is 5.92 Å². The third-order valence-electron chi connectivity index (χ3n) is 4.56. The Morgan fingerprint density at radius 1 is 0.619 bits per heavy atom. The maximum Gasteiger partial charge on any atom is 0.0590 e. The molecule has 128 valence electrons. The molecule has 2 nitrogen and oxygen atoms in total. The molecule has 0 radical (unpaired) electrons. The molecule has 2 N–H and O–H groups in total. The van der Waals surface area contributed by atoms with Crippen molar-refractivity contribution in [2.45, 2.75) is 110 Å². The molecular weight excluding hydrogens is 260 g/mol. The van der Waals surface area contributed by atoms with Gasteiger partial charge in [0, 0.05) is 12.5 Å². The first-order chi connectivity index (χ1) is 10.3. The molecule has 0 aliphatic heterocycles. The minimum Gasteiger partial charge on any atom is -0.396 e. The minimum atomic E-state index is -0.295. The highest BCUT2D eigenvalue weighted by atomic mass is 16.3. The highest BCUT2D eigenvalue weighted by Crippen LogP contribution is 2.19. The monoisotopic (exact) mass is 300 g/mol. The van der Waals surface area contributed by atoms with Gasteiger partial charge in [-0.05, 0) is 12.8 Å². The second-order valence-electron chi connectivity index (χ2n) is 6.62. The highest BCUT2D eigenvalue weighted by molar-refractivity contribution is 4.68. The Balaban J connectivity index is 3.54. The first-order valence-electron chi connectivity index (χ1n) is 9.55. The molecular formula is C19H40O2. The zero-order chi connectivity index (χ0) is 15.8. The molecule has 0 fully saturated rings. The highest BCUT2D eigenvalue weighted by Gasteiger charge is 2.17. The van der Waals surface area contributed by atoms with E-state index in [1.165, 1.54) is 64.2 Å². The van der Waals surface area contributed by atoms with Crippen LogP contribution in [-0.4, -0.2) is 22.9 Å². The summed E-state index contributed by atoms with van der Waals surface area (Å²) in [6, 6.07) is 0. The quantitative estimate of drug-likeness (QED) is 0.372. The van der Waals surface area contributed by atoms with Gasteiger partial charge in [-0.15, -0.1) is 0 Å². The molecule has 0 aromatic carbocycles. The molecule has 0 aliphatic carbocycles. The minimum absolute atomic E-state index is 0.104. The summed E-state index contributed by atoms with van der Waals surface area (Å²) in [6.45, 7) is 4.62. The molecule has 0 aromatic rings. The number of hydrogen-bond acceptors (Lipinski definition) is 2. The molecule has 0 aliphatic rings.